The highest BCUT2D eigenvalue weighted by Crippen LogP contribution is 2.07. The van der Waals surface area contributed by atoms with Gasteiger partial charge in [-0.3, -0.25) is 4.55 Å². The summed E-state index contributed by atoms with van der Waals surface area (Å²) >= 11 is -2.05. The molecule has 5 heteroatoms. The molecule has 0 amide bonds. The molecular formula is C8H10FNO2S. The fourth-order valence-electron chi connectivity index (χ4n) is 1.06. The van der Waals surface area contributed by atoms with E-state index in [9.17, 15) is 8.60 Å². The second kappa shape index (κ2) is 4.45. The van der Waals surface area contributed by atoms with Crippen LogP contribution in [0.5, 0.6) is 0 Å². The van der Waals surface area contributed by atoms with Gasteiger partial charge in [-0.1, -0.05) is 6.07 Å². The molecule has 1 aromatic rings. The summed E-state index contributed by atoms with van der Waals surface area (Å²) in [5.41, 5.74) is 1.44. The molecule has 0 bridgehead atoms. The van der Waals surface area contributed by atoms with Gasteiger partial charge in [0.15, 0.2) is 0 Å². The van der Waals surface area contributed by atoms with Crippen molar-refractivity contribution < 1.29 is 13.2 Å². The van der Waals surface area contributed by atoms with Crippen LogP contribution in [0.4, 0.5) is 4.39 Å². The van der Waals surface area contributed by atoms with Crippen LogP contribution >= 0.6 is 0 Å². The van der Waals surface area contributed by atoms with Gasteiger partial charge in [-0.2, -0.15) is 0 Å². The minimum atomic E-state index is -2.05. The van der Waals surface area contributed by atoms with Crippen LogP contribution in [-0.4, -0.2) is 8.76 Å². The molecule has 1 atom stereocenters. The summed E-state index contributed by atoms with van der Waals surface area (Å²) in [4.78, 5) is 0. The Bertz CT molecular complexity index is 310. The topological polar surface area (TPSA) is 49.3 Å². The summed E-state index contributed by atoms with van der Waals surface area (Å²) in [5, 5.41) is 0. The van der Waals surface area contributed by atoms with E-state index in [0.29, 0.717) is 5.56 Å². The quantitative estimate of drug-likeness (QED) is 0.729. The number of nitrogens with one attached hydrogen (secondary N) is 1. The van der Waals surface area contributed by atoms with Crippen LogP contribution in [0.1, 0.15) is 11.1 Å². The van der Waals surface area contributed by atoms with E-state index in [1.807, 2.05) is 0 Å². The predicted octanol–water partition coefficient (Wildman–Crippen LogP) is 1.36. The molecule has 13 heavy (non-hydrogen) atoms. The molecule has 0 heterocycles. The number of hydrogen-bond acceptors (Lipinski definition) is 1. The lowest BCUT2D eigenvalue weighted by Gasteiger charge is -2.02. The lowest BCUT2D eigenvalue weighted by atomic mass is 10.1. The third-order valence-electron chi connectivity index (χ3n) is 1.50. The zero-order valence-corrected chi connectivity index (χ0v) is 7.90. The lowest BCUT2D eigenvalue weighted by molar-refractivity contribution is 0.548. The Morgan fingerprint density at radius 2 is 2.23 bits per heavy atom. The average Bonchev–Trinajstić information content (AvgIpc) is 1.99. The first-order valence-electron chi connectivity index (χ1n) is 3.68. The molecule has 1 aromatic carbocycles. The lowest BCUT2D eigenvalue weighted by Crippen LogP contribution is -2.15. The van der Waals surface area contributed by atoms with Crippen LogP contribution in [0.2, 0.25) is 0 Å². The minimum absolute atomic E-state index is 0.182. The van der Waals surface area contributed by atoms with Gasteiger partial charge in [-0.05, 0) is 30.2 Å². The van der Waals surface area contributed by atoms with Gasteiger partial charge >= 0.3 is 0 Å². The second-order valence-corrected chi connectivity index (χ2v) is 3.49. The predicted molar refractivity (Wildman–Crippen MR) is 48.7 cm³/mol. The van der Waals surface area contributed by atoms with Crippen molar-refractivity contribution in [2.75, 3.05) is 0 Å². The van der Waals surface area contributed by atoms with Crippen LogP contribution in [0.15, 0.2) is 18.2 Å². The number of halogens is 1. The van der Waals surface area contributed by atoms with E-state index in [2.05, 4.69) is 4.72 Å². The van der Waals surface area contributed by atoms with Gasteiger partial charge in [0.2, 0.25) is 11.3 Å². The molecule has 3 nitrogen and oxygen atoms in total. The minimum Gasteiger partial charge on any atom is -0.294 e. The first kappa shape index (κ1) is 10.3. The monoisotopic (exact) mass is 203 g/mol. The van der Waals surface area contributed by atoms with Crippen molar-refractivity contribution in [3.8, 4) is 0 Å². The van der Waals surface area contributed by atoms with E-state index >= 15 is 0 Å². The van der Waals surface area contributed by atoms with E-state index < -0.39 is 11.3 Å². The van der Waals surface area contributed by atoms with Crippen LogP contribution in [0.25, 0.3) is 0 Å². The van der Waals surface area contributed by atoms with Crippen LogP contribution in [0.3, 0.4) is 0 Å². The Morgan fingerprint density at radius 3 is 2.77 bits per heavy atom. The van der Waals surface area contributed by atoms with E-state index in [-0.39, 0.29) is 12.4 Å². The Kier molecular flexibility index (Phi) is 3.53. The van der Waals surface area contributed by atoms with Crippen LogP contribution in [0, 0.1) is 12.7 Å². The Balaban J connectivity index is 2.71. The Hall–Kier alpha value is -0.780. The van der Waals surface area contributed by atoms with Gasteiger partial charge in [-0.25, -0.2) is 13.3 Å². The average molecular weight is 203 g/mol. The molecule has 0 saturated carbocycles. The molecule has 0 spiro atoms. The molecule has 0 fully saturated rings. The molecule has 1 rings (SSSR count). The summed E-state index contributed by atoms with van der Waals surface area (Å²) in [6.45, 7) is 1.95. The number of aryl methyl sites for hydroxylation is 1. The summed E-state index contributed by atoms with van der Waals surface area (Å²) in [5.74, 6) is -0.333. The fraction of sp³-hybridized carbons (Fsp3) is 0.250. The fourth-order valence-corrected chi connectivity index (χ4v) is 1.35. The largest absolute Gasteiger partial charge is 0.294 e. The maximum Gasteiger partial charge on any atom is 0.232 e. The zero-order valence-electron chi connectivity index (χ0n) is 7.08. The summed E-state index contributed by atoms with van der Waals surface area (Å²) in [7, 11) is 0. The standard InChI is InChI=1S/C8H10FNO2S/c1-6-2-7(4-8(9)3-6)5-10-13(11)12/h2-4,10H,5H2,1H3,(H,11,12). The first-order valence-corrected chi connectivity index (χ1v) is 4.79. The normalized spacial score (nSPS) is 12.8. The summed E-state index contributed by atoms with van der Waals surface area (Å²) in [6.07, 6.45) is 0. The van der Waals surface area contributed by atoms with Crippen LogP contribution in [-0.2, 0) is 17.8 Å². The van der Waals surface area contributed by atoms with Crippen molar-refractivity contribution in [3.63, 3.8) is 0 Å². The van der Waals surface area contributed by atoms with E-state index in [1.165, 1.54) is 12.1 Å². The molecule has 0 aliphatic carbocycles. The SMILES string of the molecule is Cc1cc(F)cc(CNS(=O)O)c1. The van der Waals surface area contributed by atoms with Crippen molar-refractivity contribution in [3.05, 3.63) is 35.1 Å². The number of rotatable bonds is 3. The van der Waals surface area contributed by atoms with Gasteiger partial charge in [0, 0.05) is 6.54 Å². The molecule has 0 saturated heterocycles. The van der Waals surface area contributed by atoms with Gasteiger partial charge in [0.1, 0.15) is 5.82 Å². The van der Waals surface area contributed by atoms with Crippen molar-refractivity contribution >= 4 is 11.3 Å². The van der Waals surface area contributed by atoms with E-state index in [4.69, 9.17) is 4.55 Å². The maximum absolute atomic E-state index is 12.8. The molecule has 0 radical (unpaired) electrons. The maximum atomic E-state index is 12.8. The van der Waals surface area contributed by atoms with Crippen molar-refractivity contribution in [1.29, 1.82) is 0 Å². The van der Waals surface area contributed by atoms with Gasteiger partial charge in [0.05, 0.1) is 0 Å². The van der Waals surface area contributed by atoms with Gasteiger partial charge in [-0.15, -0.1) is 0 Å². The third-order valence-corrected chi connectivity index (χ3v) is 1.89. The van der Waals surface area contributed by atoms with Gasteiger partial charge in [0.25, 0.3) is 0 Å². The first-order chi connectivity index (χ1) is 6.08. The Morgan fingerprint density at radius 1 is 1.54 bits per heavy atom. The molecule has 1 unspecified atom stereocenters. The molecule has 72 valence electrons. The molecule has 0 aliphatic heterocycles. The number of hydrogen-bond donors (Lipinski definition) is 2. The molecular weight excluding hydrogens is 193 g/mol. The van der Waals surface area contributed by atoms with Gasteiger partial charge < -0.3 is 0 Å². The second-order valence-electron chi connectivity index (χ2n) is 2.71. The number of benzene rings is 1. The Labute approximate surface area is 78.4 Å². The van der Waals surface area contributed by atoms with E-state index in [1.54, 1.807) is 13.0 Å². The third kappa shape index (κ3) is 3.63. The smallest absolute Gasteiger partial charge is 0.232 e. The van der Waals surface area contributed by atoms with Crippen molar-refractivity contribution in [1.82, 2.24) is 4.72 Å². The molecule has 0 aliphatic rings. The highest BCUT2D eigenvalue weighted by molar-refractivity contribution is 7.77. The van der Waals surface area contributed by atoms with E-state index in [0.717, 1.165) is 5.56 Å². The molecule has 0 aromatic heterocycles. The summed E-state index contributed by atoms with van der Waals surface area (Å²) < 4.78 is 33.7. The molecule has 2 N–H and O–H groups in total. The summed E-state index contributed by atoms with van der Waals surface area (Å²) in [6, 6.07) is 4.48. The van der Waals surface area contributed by atoms with Crippen molar-refractivity contribution in [2.45, 2.75) is 13.5 Å². The highest BCUT2D eigenvalue weighted by Gasteiger charge is 1.99. The van der Waals surface area contributed by atoms with Crippen molar-refractivity contribution in [2.24, 2.45) is 0 Å². The zero-order chi connectivity index (χ0) is 9.84. The van der Waals surface area contributed by atoms with Crippen LogP contribution < -0.4 is 4.72 Å². The highest BCUT2D eigenvalue weighted by atomic mass is 32.2.